The van der Waals surface area contributed by atoms with Crippen molar-refractivity contribution >= 4 is 5.97 Å². The van der Waals surface area contributed by atoms with Crippen LogP contribution in [0.3, 0.4) is 0 Å². The number of aryl methyl sites for hydroxylation is 1. The Morgan fingerprint density at radius 3 is 2.45 bits per heavy atom. The van der Waals surface area contributed by atoms with Crippen LogP contribution < -0.4 is 4.74 Å². The summed E-state index contributed by atoms with van der Waals surface area (Å²) in [5.74, 6) is 0.164. The molecule has 1 saturated heterocycles. The number of ether oxygens (including phenoxy) is 1. The fourth-order valence-electron chi connectivity index (χ4n) is 2.20. The van der Waals surface area contributed by atoms with Crippen molar-refractivity contribution in [1.29, 1.82) is 0 Å². The summed E-state index contributed by atoms with van der Waals surface area (Å²) in [6.07, 6.45) is 3.66. The number of likely N-dealkylation sites (N-methyl/N-ethyl adjacent to an activating group) is 1. The number of carboxylic acid groups (broad SMARTS) is 1. The van der Waals surface area contributed by atoms with E-state index in [0.717, 1.165) is 25.7 Å². The molecule has 0 spiro atoms. The van der Waals surface area contributed by atoms with Gasteiger partial charge in [0.1, 0.15) is 12.4 Å². The first-order valence-corrected chi connectivity index (χ1v) is 7.14. The lowest BCUT2D eigenvalue weighted by molar-refractivity contribution is -0.134. The van der Waals surface area contributed by atoms with E-state index in [1.54, 1.807) is 0 Å². The first-order chi connectivity index (χ1) is 9.52. The van der Waals surface area contributed by atoms with Gasteiger partial charge in [0, 0.05) is 13.0 Å². The number of benzene rings is 1. The third-order valence-corrected chi connectivity index (χ3v) is 3.45. The highest BCUT2D eigenvalue weighted by atomic mass is 16.5. The van der Waals surface area contributed by atoms with Crippen LogP contribution in [0.4, 0.5) is 0 Å². The molecule has 20 heavy (non-hydrogen) atoms. The monoisotopic (exact) mass is 279 g/mol. The maximum Gasteiger partial charge on any atom is 0.300 e. The minimum atomic E-state index is -0.833. The van der Waals surface area contributed by atoms with Gasteiger partial charge in [-0.25, -0.2) is 0 Å². The standard InChI is InChI=1S/C14H21NO.C2H4O2/c1-3-12-6-8-14(9-7-12)16-11-13-5-4-10-15(13)2;1-2(3)4/h6-9,13H,3-5,10-11H2,1-2H3;1H3,(H,3,4)/t13-;/m0./s1. The molecule has 1 aliphatic rings. The molecule has 0 amide bonds. The number of carboxylic acids is 1. The summed E-state index contributed by atoms with van der Waals surface area (Å²) in [5, 5.41) is 7.42. The van der Waals surface area contributed by atoms with Crippen molar-refractivity contribution in [3.63, 3.8) is 0 Å². The summed E-state index contributed by atoms with van der Waals surface area (Å²) in [7, 11) is 2.18. The van der Waals surface area contributed by atoms with E-state index in [4.69, 9.17) is 14.6 Å². The summed E-state index contributed by atoms with van der Waals surface area (Å²) in [5.41, 5.74) is 1.37. The van der Waals surface area contributed by atoms with Gasteiger partial charge in [-0.15, -0.1) is 0 Å². The molecule has 2 rings (SSSR count). The fraction of sp³-hybridized carbons (Fsp3) is 0.562. The topological polar surface area (TPSA) is 49.8 Å². The molecule has 0 saturated carbocycles. The predicted octanol–water partition coefficient (Wildman–Crippen LogP) is 2.81. The Bertz CT molecular complexity index is 399. The van der Waals surface area contributed by atoms with Crippen molar-refractivity contribution in [3.05, 3.63) is 29.8 Å². The predicted molar refractivity (Wildman–Crippen MR) is 80.3 cm³/mol. The summed E-state index contributed by atoms with van der Waals surface area (Å²) >= 11 is 0. The highest BCUT2D eigenvalue weighted by Gasteiger charge is 2.21. The van der Waals surface area contributed by atoms with Crippen molar-refractivity contribution in [2.45, 2.75) is 39.2 Å². The number of aliphatic carboxylic acids is 1. The van der Waals surface area contributed by atoms with Gasteiger partial charge in [-0.1, -0.05) is 19.1 Å². The Morgan fingerprint density at radius 1 is 1.40 bits per heavy atom. The minimum absolute atomic E-state index is 0.603. The fourth-order valence-corrected chi connectivity index (χ4v) is 2.20. The Balaban J connectivity index is 0.000000444. The third-order valence-electron chi connectivity index (χ3n) is 3.45. The molecule has 1 atom stereocenters. The van der Waals surface area contributed by atoms with Gasteiger partial charge in [0.25, 0.3) is 5.97 Å². The van der Waals surface area contributed by atoms with Gasteiger partial charge in [0.05, 0.1) is 0 Å². The van der Waals surface area contributed by atoms with Gasteiger partial charge in [-0.2, -0.15) is 0 Å². The second-order valence-corrected chi connectivity index (χ2v) is 5.10. The lowest BCUT2D eigenvalue weighted by Gasteiger charge is -2.19. The van der Waals surface area contributed by atoms with Gasteiger partial charge in [0.15, 0.2) is 0 Å². The average molecular weight is 279 g/mol. The number of likely N-dealkylation sites (tertiary alicyclic amines) is 1. The summed E-state index contributed by atoms with van der Waals surface area (Å²) in [4.78, 5) is 11.4. The molecule has 0 bridgehead atoms. The van der Waals surface area contributed by atoms with Crippen LogP contribution in [0.25, 0.3) is 0 Å². The number of nitrogens with zero attached hydrogens (tertiary/aromatic N) is 1. The molecular weight excluding hydrogens is 254 g/mol. The van der Waals surface area contributed by atoms with Gasteiger partial charge < -0.3 is 14.7 Å². The summed E-state index contributed by atoms with van der Waals surface area (Å²) in [6, 6.07) is 9.05. The molecular formula is C16H25NO3. The zero-order valence-corrected chi connectivity index (χ0v) is 12.6. The summed E-state index contributed by atoms with van der Waals surface area (Å²) in [6.45, 7) is 5.29. The number of hydrogen-bond donors (Lipinski definition) is 1. The Kier molecular flexibility index (Phi) is 7.09. The maximum absolute atomic E-state index is 9.00. The minimum Gasteiger partial charge on any atom is -0.492 e. The molecule has 1 aliphatic heterocycles. The first-order valence-electron chi connectivity index (χ1n) is 7.14. The van der Waals surface area contributed by atoms with Crippen molar-refractivity contribution in [2.24, 2.45) is 0 Å². The number of rotatable bonds is 4. The van der Waals surface area contributed by atoms with Crippen LogP contribution in [0.15, 0.2) is 24.3 Å². The SMILES string of the molecule is CC(=O)O.CCc1ccc(OC[C@@H]2CCCN2C)cc1. The van der Waals surface area contributed by atoms with Crippen molar-refractivity contribution in [2.75, 3.05) is 20.2 Å². The molecule has 0 aliphatic carbocycles. The second kappa shape index (κ2) is 8.59. The molecule has 1 fully saturated rings. The molecule has 0 unspecified atom stereocenters. The smallest absolute Gasteiger partial charge is 0.300 e. The van der Waals surface area contributed by atoms with Gasteiger partial charge in [-0.05, 0) is 50.6 Å². The molecule has 4 nitrogen and oxygen atoms in total. The van der Waals surface area contributed by atoms with E-state index in [1.807, 2.05) is 0 Å². The molecule has 4 heteroatoms. The van der Waals surface area contributed by atoms with E-state index in [-0.39, 0.29) is 0 Å². The van der Waals surface area contributed by atoms with Crippen LogP contribution in [0.1, 0.15) is 32.3 Å². The highest BCUT2D eigenvalue weighted by Crippen LogP contribution is 2.18. The van der Waals surface area contributed by atoms with E-state index in [2.05, 4.69) is 43.1 Å². The van der Waals surface area contributed by atoms with Crippen LogP contribution in [-0.4, -0.2) is 42.2 Å². The van der Waals surface area contributed by atoms with Crippen molar-refractivity contribution in [1.82, 2.24) is 4.90 Å². The van der Waals surface area contributed by atoms with E-state index >= 15 is 0 Å². The van der Waals surface area contributed by atoms with Crippen molar-refractivity contribution in [3.8, 4) is 5.75 Å². The van der Waals surface area contributed by atoms with Gasteiger partial charge >= 0.3 is 0 Å². The molecule has 0 radical (unpaired) electrons. The van der Waals surface area contributed by atoms with Crippen molar-refractivity contribution < 1.29 is 14.6 Å². The van der Waals surface area contributed by atoms with Crippen LogP contribution in [0, 0.1) is 0 Å². The molecule has 1 heterocycles. The van der Waals surface area contributed by atoms with E-state index < -0.39 is 5.97 Å². The largest absolute Gasteiger partial charge is 0.492 e. The third kappa shape index (κ3) is 6.06. The maximum atomic E-state index is 9.00. The lowest BCUT2D eigenvalue weighted by atomic mass is 10.2. The quantitative estimate of drug-likeness (QED) is 0.920. The van der Waals surface area contributed by atoms with Crippen LogP contribution >= 0.6 is 0 Å². The number of carbonyl (C=O) groups is 1. The van der Waals surface area contributed by atoms with Crippen LogP contribution in [-0.2, 0) is 11.2 Å². The molecule has 1 N–H and O–H groups in total. The average Bonchev–Trinajstić information content (AvgIpc) is 2.82. The van der Waals surface area contributed by atoms with Gasteiger partial charge in [-0.3, -0.25) is 4.79 Å². The molecule has 112 valence electrons. The van der Waals surface area contributed by atoms with E-state index in [9.17, 15) is 0 Å². The molecule has 0 aromatic heterocycles. The second-order valence-electron chi connectivity index (χ2n) is 5.10. The normalized spacial score (nSPS) is 18.2. The Labute approximate surface area is 121 Å². The zero-order chi connectivity index (χ0) is 15.0. The summed E-state index contributed by atoms with van der Waals surface area (Å²) < 4.78 is 5.82. The van der Waals surface area contributed by atoms with Crippen LogP contribution in [0.5, 0.6) is 5.75 Å². The molecule has 1 aromatic carbocycles. The van der Waals surface area contributed by atoms with E-state index in [0.29, 0.717) is 6.04 Å². The zero-order valence-electron chi connectivity index (χ0n) is 12.6. The highest BCUT2D eigenvalue weighted by molar-refractivity contribution is 5.62. The first kappa shape index (κ1) is 16.5. The Morgan fingerprint density at radius 2 is 2.00 bits per heavy atom. The molecule has 1 aromatic rings. The Hall–Kier alpha value is -1.55. The van der Waals surface area contributed by atoms with Crippen LogP contribution in [0.2, 0.25) is 0 Å². The number of hydrogen-bond acceptors (Lipinski definition) is 3. The lowest BCUT2D eigenvalue weighted by Crippen LogP contribution is -2.30. The van der Waals surface area contributed by atoms with Gasteiger partial charge in [0.2, 0.25) is 0 Å². The van der Waals surface area contributed by atoms with E-state index in [1.165, 1.54) is 24.9 Å².